The Labute approximate surface area is 130 Å². The van der Waals surface area contributed by atoms with Crippen LogP contribution in [0.4, 0.5) is 11.4 Å². The number of benzene rings is 1. The first-order chi connectivity index (χ1) is 10.8. The van der Waals surface area contributed by atoms with Crippen molar-refractivity contribution in [2.75, 3.05) is 43.4 Å². The highest BCUT2D eigenvalue weighted by atomic mass is 16.5. The van der Waals surface area contributed by atoms with Crippen molar-refractivity contribution >= 4 is 11.4 Å². The minimum atomic E-state index is 0.719. The second-order valence-electron chi connectivity index (χ2n) is 5.47. The molecule has 0 fully saturated rings. The van der Waals surface area contributed by atoms with E-state index in [0.29, 0.717) is 0 Å². The molecule has 0 radical (unpaired) electrons. The number of nitrogens with two attached hydrogens (primary N) is 1. The summed E-state index contributed by atoms with van der Waals surface area (Å²) >= 11 is 0. The van der Waals surface area contributed by atoms with Crippen LogP contribution >= 0.6 is 0 Å². The molecule has 6 nitrogen and oxygen atoms in total. The summed E-state index contributed by atoms with van der Waals surface area (Å²) in [6.07, 6.45) is 6.77. The number of nitrogen functional groups attached to an aromatic ring is 1. The van der Waals surface area contributed by atoms with Crippen molar-refractivity contribution in [3.05, 3.63) is 36.9 Å². The van der Waals surface area contributed by atoms with Crippen molar-refractivity contribution in [3.63, 3.8) is 0 Å². The van der Waals surface area contributed by atoms with Gasteiger partial charge in [-0.05, 0) is 25.1 Å². The monoisotopic (exact) mass is 301 g/mol. The Morgan fingerprint density at radius 3 is 3.09 bits per heavy atom. The van der Waals surface area contributed by atoms with Gasteiger partial charge in [-0.15, -0.1) is 0 Å². The van der Waals surface area contributed by atoms with Crippen LogP contribution in [0.3, 0.4) is 0 Å². The average molecular weight is 301 g/mol. The van der Waals surface area contributed by atoms with Gasteiger partial charge in [-0.3, -0.25) is 0 Å². The third kappa shape index (κ3) is 3.71. The molecule has 0 saturated heterocycles. The van der Waals surface area contributed by atoms with Crippen LogP contribution in [0.25, 0.3) is 0 Å². The van der Waals surface area contributed by atoms with Crippen LogP contribution in [0, 0.1) is 0 Å². The van der Waals surface area contributed by atoms with E-state index in [2.05, 4.69) is 19.8 Å². The number of aromatic nitrogens is 2. The second kappa shape index (κ2) is 7.17. The number of hydrogen-bond acceptors (Lipinski definition) is 5. The maximum Gasteiger partial charge on any atom is 0.144 e. The van der Waals surface area contributed by atoms with Crippen LogP contribution in [0.1, 0.15) is 6.42 Å². The Hall–Kier alpha value is -2.21. The molecule has 2 heterocycles. The molecular formula is C16H23N5O. The van der Waals surface area contributed by atoms with Gasteiger partial charge < -0.3 is 25.3 Å². The third-order valence-corrected chi connectivity index (χ3v) is 3.83. The van der Waals surface area contributed by atoms with Crippen molar-refractivity contribution < 1.29 is 4.74 Å². The molecule has 0 amide bonds. The molecule has 0 atom stereocenters. The van der Waals surface area contributed by atoms with Gasteiger partial charge in [-0.1, -0.05) is 0 Å². The second-order valence-corrected chi connectivity index (χ2v) is 5.47. The zero-order chi connectivity index (χ0) is 15.2. The molecule has 2 aromatic rings. The largest absolute Gasteiger partial charge is 0.489 e. The molecule has 0 unspecified atom stereocenters. The van der Waals surface area contributed by atoms with Gasteiger partial charge in [0.1, 0.15) is 12.4 Å². The highest BCUT2D eigenvalue weighted by Crippen LogP contribution is 2.32. The van der Waals surface area contributed by atoms with Crippen LogP contribution in [0.2, 0.25) is 0 Å². The lowest BCUT2D eigenvalue weighted by atomic mass is 10.2. The lowest BCUT2D eigenvalue weighted by molar-refractivity contribution is 0.307. The molecule has 0 saturated carbocycles. The van der Waals surface area contributed by atoms with E-state index in [1.54, 1.807) is 0 Å². The first-order valence-corrected chi connectivity index (χ1v) is 7.77. The highest BCUT2D eigenvalue weighted by molar-refractivity contribution is 5.65. The molecule has 1 aliphatic heterocycles. The Morgan fingerprint density at radius 2 is 2.23 bits per heavy atom. The summed E-state index contributed by atoms with van der Waals surface area (Å²) in [5, 5.41) is 3.50. The Morgan fingerprint density at radius 1 is 1.27 bits per heavy atom. The smallest absolute Gasteiger partial charge is 0.144 e. The molecule has 3 N–H and O–H groups in total. The zero-order valence-electron chi connectivity index (χ0n) is 12.7. The van der Waals surface area contributed by atoms with Crippen molar-refractivity contribution in [3.8, 4) is 5.75 Å². The summed E-state index contributed by atoms with van der Waals surface area (Å²) in [5.41, 5.74) is 7.69. The van der Waals surface area contributed by atoms with E-state index in [1.165, 1.54) is 0 Å². The number of nitrogens with zero attached hydrogens (tertiary/aromatic N) is 3. The van der Waals surface area contributed by atoms with Gasteiger partial charge in [0.05, 0.1) is 18.6 Å². The SMILES string of the molecule is Nc1ccc2c(c1)OCCN2CCNCCCn1ccnc1. The molecule has 22 heavy (non-hydrogen) atoms. The van der Waals surface area contributed by atoms with E-state index in [-0.39, 0.29) is 0 Å². The number of fused-ring (bicyclic) bond motifs is 1. The minimum Gasteiger partial charge on any atom is -0.489 e. The molecule has 1 aromatic carbocycles. The van der Waals surface area contributed by atoms with E-state index in [1.807, 2.05) is 36.9 Å². The van der Waals surface area contributed by atoms with E-state index in [9.17, 15) is 0 Å². The van der Waals surface area contributed by atoms with Crippen molar-refractivity contribution in [2.45, 2.75) is 13.0 Å². The molecule has 0 spiro atoms. The molecule has 118 valence electrons. The van der Waals surface area contributed by atoms with E-state index < -0.39 is 0 Å². The van der Waals surface area contributed by atoms with Crippen LogP contribution < -0.4 is 20.7 Å². The topological polar surface area (TPSA) is 68.3 Å². The quantitative estimate of drug-likeness (QED) is 0.597. The van der Waals surface area contributed by atoms with Gasteiger partial charge in [0.2, 0.25) is 0 Å². The fourth-order valence-corrected chi connectivity index (χ4v) is 2.67. The Bertz CT molecular complexity index is 584. The van der Waals surface area contributed by atoms with Gasteiger partial charge in [0.15, 0.2) is 0 Å². The maximum absolute atomic E-state index is 5.81. The maximum atomic E-state index is 5.81. The predicted octanol–water partition coefficient (Wildman–Crippen LogP) is 1.34. The summed E-state index contributed by atoms with van der Waals surface area (Å²) in [6, 6.07) is 5.88. The predicted molar refractivity (Wildman–Crippen MR) is 88.3 cm³/mol. The lowest BCUT2D eigenvalue weighted by Crippen LogP contribution is -2.38. The Balaban J connectivity index is 1.39. The third-order valence-electron chi connectivity index (χ3n) is 3.83. The Kier molecular flexibility index (Phi) is 4.80. The van der Waals surface area contributed by atoms with Crippen LogP contribution in [0.15, 0.2) is 36.9 Å². The molecular weight excluding hydrogens is 278 g/mol. The number of anilines is 2. The summed E-state index contributed by atoms with van der Waals surface area (Å²) in [5.74, 6) is 0.895. The molecule has 0 aliphatic carbocycles. The number of imidazole rings is 1. The van der Waals surface area contributed by atoms with Gasteiger partial charge in [0.25, 0.3) is 0 Å². The number of nitrogens with one attached hydrogen (secondary N) is 1. The van der Waals surface area contributed by atoms with Gasteiger partial charge >= 0.3 is 0 Å². The van der Waals surface area contributed by atoms with Gasteiger partial charge in [-0.2, -0.15) is 0 Å². The van der Waals surface area contributed by atoms with Gasteiger partial charge in [0, 0.05) is 43.8 Å². The van der Waals surface area contributed by atoms with Gasteiger partial charge in [-0.25, -0.2) is 4.98 Å². The fraction of sp³-hybridized carbons (Fsp3) is 0.438. The standard InChI is InChI=1S/C16H23N5O/c17-14-2-3-15-16(12-14)22-11-10-21(15)9-6-18-4-1-7-20-8-5-19-13-20/h2-3,5,8,12-13,18H,1,4,6-7,9-11,17H2. The van der Waals surface area contributed by atoms with Crippen molar-refractivity contribution in [1.82, 2.24) is 14.9 Å². The molecule has 3 rings (SSSR count). The molecule has 1 aliphatic rings. The number of aryl methyl sites for hydroxylation is 1. The van der Waals surface area contributed by atoms with Crippen molar-refractivity contribution in [1.29, 1.82) is 0 Å². The van der Waals surface area contributed by atoms with E-state index >= 15 is 0 Å². The summed E-state index contributed by atoms with van der Waals surface area (Å²) in [4.78, 5) is 6.39. The average Bonchev–Trinajstić information content (AvgIpc) is 3.03. The molecule has 0 bridgehead atoms. The van der Waals surface area contributed by atoms with E-state index in [4.69, 9.17) is 10.5 Å². The summed E-state index contributed by atoms with van der Waals surface area (Å²) in [7, 11) is 0. The summed E-state index contributed by atoms with van der Waals surface area (Å²) in [6.45, 7) is 5.60. The van der Waals surface area contributed by atoms with Crippen LogP contribution in [0.5, 0.6) is 5.75 Å². The fourth-order valence-electron chi connectivity index (χ4n) is 2.67. The van der Waals surface area contributed by atoms with E-state index in [0.717, 1.165) is 62.9 Å². The first kappa shape index (κ1) is 14.7. The molecule has 1 aromatic heterocycles. The van der Waals surface area contributed by atoms with Crippen molar-refractivity contribution in [2.24, 2.45) is 0 Å². The van der Waals surface area contributed by atoms with Crippen LogP contribution in [-0.4, -0.2) is 42.3 Å². The first-order valence-electron chi connectivity index (χ1n) is 7.77. The number of ether oxygens (including phenoxy) is 1. The number of rotatable bonds is 7. The normalized spacial score (nSPS) is 13.7. The minimum absolute atomic E-state index is 0.719. The lowest BCUT2D eigenvalue weighted by Gasteiger charge is -2.31. The number of hydrogen-bond donors (Lipinski definition) is 2. The summed E-state index contributed by atoms with van der Waals surface area (Å²) < 4.78 is 7.77. The van der Waals surface area contributed by atoms with Crippen LogP contribution in [-0.2, 0) is 6.54 Å². The highest BCUT2D eigenvalue weighted by Gasteiger charge is 2.17. The molecule has 6 heteroatoms. The zero-order valence-corrected chi connectivity index (χ0v) is 12.7.